The monoisotopic (exact) mass is 339 g/mol. The van der Waals surface area contributed by atoms with Crippen LogP contribution in [0.1, 0.15) is 46.6 Å². The number of benzene rings is 1. The van der Waals surface area contributed by atoms with Crippen molar-refractivity contribution in [2.75, 3.05) is 5.32 Å². The number of amides is 1. The van der Waals surface area contributed by atoms with Crippen molar-refractivity contribution in [2.24, 2.45) is 5.41 Å². The molecule has 1 fully saturated rings. The fraction of sp³-hybridized carbons (Fsp3) is 0.529. The summed E-state index contributed by atoms with van der Waals surface area (Å²) in [6.07, 6.45) is -0.140. The van der Waals surface area contributed by atoms with Crippen LogP contribution in [0.3, 0.4) is 0 Å². The molecule has 126 valence electrons. The van der Waals surface area contributed by atoms with Crippen molar-refractivity contribution in [3.63, 3.8) is 0 Å². The predicted molar refractivity (Wildman–Crippen MR) is 89.0 cm³/mol. The van der Waals surface area contributed by atoms with Crippen LogP contribution >= 0.6 is 11.6 Å². The molecule has 1 atom stereocenters. The zero-order valence-corrected chi connectivity index (χ0v) is 14.7. The van der Waals surface area contributed by atoms with Gasteiger partial charge >= 0.3 is 12.1 Å². The van der Waals surface area contributed by atoms with E-state index >= 15 is 0 Å². The molecule has 2 N–H and O–H groups in total. The van der Waals surface area contributed by atoms with Crippen LogP contribution < -0.4 is 5.32 Å². The second-order valence-electron chi connectivity index (χ2n) is 7.59. The number of nitrogens with one attached hydrogen (secondary N) is 1. The van der Waals surface area contributed by atoms with Gasteiger partial charge in [0.2, 0.25) is 0 Å². The summed E-state index contributed by atoms with van der Waals surface area (Å²) < 4.78 is 5.24. The van der Waals surface area contributed by atoms with Crippen LogP contribution in [0.4, 0.5) is 10.5 Å². The lowest BCUT2D eigenvalue weighted by molar-refractivity contribution is -0.141. The van der Waals surface area contributed by atoms with Crippen molar-refractivity contribution in [1.82, 2.24) is 0 Å². The Morgan fingerprint density at radius 3 is 2.30 bits per heavy atom. The fourth-order valence-electron chi connectivity index (χ4n) is 2.95. The molecule has 1 saturated carbocycles. The summed E-state index contributed by atoms with van der Waals surface area (Å²) in [5.74, 6) is -0.919. The Balaban J connectivity index is 2.40. The van der Waals surface area contributed by atoms with Crippen LogP contribution in [-0.4, -0.2) is 22.8 Å². The predicted octanol–water partition coefficient (Wildman–Crippen LogP) is 4.44. The molecule has 0 aliphatic heterocycles. The summed E-state index contributed by atoms with van der Waals surface area (Å²) in [4.78, 5) is 23.9. The van der Waals surface area contributed by atoms with Crippen molar-refractivity contribution in [3.05, 3.63) is 28.8 Å². The highest BCUT2D eigenvalue weighted by Gasteiger charge is 2.68. The second-order valence-corrected chi connectivity index (χ2v) is 8.02. The fourth-order valence-corrected chi connectivity index (χ4v) is 3.12. The van der Waals surface area contributed by atoms with Crippen LogP contribution in [0.2, 0.25) is 5.02 Å². The molecule has 1 aliphatic carbocycles. The molecular weight excluding hydrogens is 318 g/mol. The van der Waals surface area contributed by atoms with Gasteiger partial charge in [-0.25, -0.2) is 4.79 Å². The number of hydrogen-bond donors (Lipinski definition) is 2. The largest absolute Gasteiger partial charge is 0.481 e. The first-order valence-electron chi connectivity index (χ1n) is 7.42. The van der Waals surface area contributed by atoms with Crippen LogP contribution in [0.15, 0.2) is 18.2 Å². The molecule has 1 aromatic carbocycles. The Labute approximate surface area is 141 Å². The Hall–Kier alpha value is -1.75. The number of hydrogen-bond acceptors (Lipinski definition) is 3. The van der Waals surface area contributed by atoms with E-state index in [2.05, 4.69) is 5.32 Å². The van der Waals surface area contributed by atoms with Crippen LogP contribution in [-0.2, 0) is 14.9 Å². The zero-order chi connectivity index (χ0) is 17.6. The third-order valence-corrected chi connectivity index (χ3v) is 4.41. The molecule has 2 rings (SSSR count). The van der Waals surface area contributed by atoms with E-state index in [1.165, 1.54) is 0 Å². The number of ether oxygens (including phenoxy) is 1. The number of carboxylic acid groups (broad SMARTS) is 1. The number of halogens is 1. The van der Waals surface area contributed by atoms with Gasteiger partial charge in [0.25, 0.3) is 0 Å². The van der Waals surface area contributed by atoms with Crippen molar-refractivity contribution in [3.8, 4) is 0 Å². The zero-order valence-electron chi connectivity index (χ0n) is 14.0. The van der Waals surface area contributed by atoms with Crippen molar-refractivity contribution < 1.29 is 19.4 Å². The molecule has 0 bridgehead atoms. The molecule has 5 nitrogen and oxygen atoms in total. The van der Waals surface area contributed by atoms with E-state index in [1.807, 2.05) is 13.8 Å². The highest BCUT2D eigenvalue weighted by atomic mass is 35.5. The summed E-state index contributed by atoms with van der Waals surface area (Å²) in [6.45, 7) is 9.06. The lowest BCUT2D eigenvalue weighted by atomic mass is 9.87. The Morgan fingerprint density at radius 1 is 1.30 bits per heavy atom. The number of aliphatic carboxylic acids is 1. The van der Waals surface area contributed by atoms with Gasteiger partial charge in [-0.05, 0) is 56.4 Å². The van der Waals surface area contributed by atoms with Gasteiger partial charge < -0.3 is 9.84 Å². The van der Waals surface area contributed by atoms with E-state index in [0.717, 1.165) is 0 Å². The molecule has 6 heteroatoms. The summed E-state index contributed by atoms with van der Waals surface area (Å²) in [6, 6.07) is 4.83. The van der Waals surface area contributed by atoms with Crippen molar-refractivity contribution >= 4 is 29.4 Å². The molecule has 1 aliphatic rings. The normalized spacial score (nSPS) is 22.3. The van der Waals surface area contributed by atoms with E-state index in [9.17, 15) is 14.7 Å². The second kappa shape index (κ2) is 5.41. The summed E-state index contributed by atoms with van der Waals surface area (Å²) in [5, 5.41) is 12.8. The lowest BCUT2D eigenvalue weighted by Gasteiger charge is -2.23. The molecule has 1 unspecified atom stereocenters. The number of carbonyl (C=O) groups excluding carboxylic acids is 1. The topological polar surface area (TPSA) is 75.6 Å². The maximum atomic E-state index is 12.0. The van der Waals surface area contributed by atoms with Crippen molar-refractivity contribution in [2.45, 2.75) is 52.1 Å². The highest BCUT2D eigenvalue weighted by Crippen LogP contribution is 2.65. The molecule has 0 saturated heterocycles. The molecule has 23 heavy (non-hydrogen) atoms. The van der Waals surface area contributed by atoms with Crippen LogP contribution in [0.5, 0.6) is 0 Å². The standard InChI is InChI=1S/C17H22ClNO4/c1-15(2,3)23-14(22)19-12-7-6-10(18)8-11(12)17(13(20)21)9-16(17,4)5/h6-8H,9H2,1-5H3,(H,19,22)(H,20,21). The average Bonchev–Trinajstić information content (AvgIpc) is 2.94. The van der Waals surface area contributed by atoms with E-state index in [4.69, 9.17) is 16.3 Å². The smallest absolute Gasteiger partial charge is 0.412 e. The van der Waals surface area contributed by atoms with E-state index < -0.39 is 28.5 Å². The highest BCUT2D eigenvalue weighted by molar-refractivity contribution is 6.30. The van der Waals surface area contributed by atoms with E-state index in [-0.39, 0.29) is 0 Å². The average molecular weight is 340 g/mol. The number of carbonyl (C=O) groups is 2. The first-order chi connectivity index (χ1) is 10.4. The molecule has 0 aromatic heterocycles. The van der Waals surface area contributed by atoms with Gasteiger partial charge in [-0.1, -0.05) is 25.4 Å². The van der Waals surface area contributed by atoms with Crippen LogP contribution in [0.25, 0.3) is 0 Å². The molecule has 0 spiro atoms. The first kappa shape index (κ1) is 17.6. The Morgan fingerprint density at radius 2 is 1.87 bits per heavy atom. The van der Waals surface area contributed by atoms with Gasteiger partial charge in [0.15, 0.2) is 0 Å². The summed E-state index contributed by atoms with van der Waals surface area (Å²) in [7, 11) is 0. The van der Waals surface area contributed by atoms with E-state index in [1.54, 1.807) is 39.0 Å². The maximum absolute atomic E-state index is 12.0. The Kier molecular flexibility index (Phi) is 4.14. The van der Waals surface area contributed by atoms with Gasteiger partial charge in [0.1, 0.15) is 11.0 Å². The minimum Gasteiger partial charge on any atom is -0.481 e. The molecule has 0 radical (unpaired) electrons. The van der Waals surface area contributed by atoms with Gasteiger partial charge in [-0.15, -0.1) is 0 Å². The van der Waals surface area contributed by atoms with E-state index in [0.29, 0.717) is 22.7 Å². The Bertz CT molecular complexity index is 663. The minimum atomic E-state index is -1.05. The molecule has 1 amide bonds. The quantitative estimate of drug-likeness (QED) is 0.853. The maximum Gasteiger partial charge on any atom is 0.412 e. The third-order valence-electron chi connectivity index (χ3n) is 4.18. The lowest BCUT2D eigenvalue weighted by Crippen LogP contribution is -2.30. The van der Waals surface area contributed by atoms with Gasteiger partial charge in [0, 0.05) is 10.7 Å². The van der Waals surface area contributed by atoms with Gasteiger partial charge in [0.05, 0.1) is 0 Å². The van der Waals surface area contributed by atoms with Gasteiger partial charge in [-0.2, -0.15) is 0 Å². The van der Waals surface area contributed by atoms with Crippen molar-refractivity contribution in [1.29, 1.82) is 0 Å². The number of rotatable bonds is 3. The SMILES string of the molecule is CC(C)(C)OC(=O)Nc1ccc(Cl)cc1C1(C(=O)O)CC1(C)C. The third kappa shape index (κ3) is 3.29. The first-order valence-corrected chi connectivity index (χ1v) is 7.80. The van der Waals surface area contributed by atoms with Gasteiger partial charge in [-0.3, -0.25) is 10.1 Å². The summed E-state index contributed by atoms with van der Waals surface area (Å²) >= 11 is 6.05. The molecular formula is C17H22ClNO4. The number of carboxylic acids is 1. The van der Waals surface area contributed by atoms with Crippen LogP contribution in [0, 0.1) is 5.41 Å². The molecule has 0 heterocycles. The molecule has 1 aromatic rings. The minimum absolute atomic E-state index is 0.409. The summed E-state index contributed by atoms with van der Waals surface area (Å²) in [5.41, 5.74) is -1.18. The number of anilines is 1.